The molecule has 20 heavy (non-hydrogen) atoms. The van der Waals surface area contributed by atoms with E-state index in [1.54, 1.807) is 31.3 Å². The molecule has 0 spiro atoms. The van der Waals surface area contributed by atoms with E-state index in [0.29, 0.717) is 42.5 Å². The molecule has 5 heteroatoms. The molecule has 1 rings (SSSR count). The summed E-state index contributed by atoms with van der Waals surface area (Å²) in [7, 11) is 3.09. The third-order valence-electron chi connectivity index (χ3n) is 3.05. The van der Waals surface area contributed by atoms with Gasteiger partial charge in [0.15, 0.2) is 11.5 Å². The van der Waals surface area contributed by atoms with Crippen LogP contribution < -0.4 is 14.2 Å². The third-order valence-corrected chi connectivity index (χ3v) is 3.05. The Morgan fingerprint density at radius 3 is 1.90 bits per heavy atom. The van der Waals surface area contributed by atoms with Crippen molar-refractivity contribution >= 4 is 5.91 Å². The molecule has 1 aromatic rings. The number of carbonyl (C=O) groups is 1. The van der Waals surface area contributed by atoms with E-state index in [4.69, 9.17) is 14.2 Å². The maximum Gasteiger partial charge on any atom is 0.254 e. The van der Waals surface area contributed by atoms with Crippen molar-refractivity contribution in [3.8, 4) is 17.2 Å². The predicted octanol–water partition coefficient (Wildman–Crippen LogP) is 2.58. The highest BCUT2D eigenvalue weighted by Crippen LogP contribution is 2.38. The first-order valence-electron chi connectivity index (χ1n) is 6.80. The van der Waals surface area contributed by atoms with Crippen LogP contribution in [-0.4, -0.2) is 44.7 Å². The Balaban J connectivity index is 3.26. The first kappa shape index (κ1) is 16.1. The van der Waals surface area contributed by atoms with Crippen molar-refractivity contribution in [2.75, 3.05) is 33.9 Å². The third kappa shape index (κ3) is 3.35. The van der Waals surface area contributed by atoms with Crippen molar-refractivity contribution < 1.29 is 19.0 Å². The normalized spacial score (nSPS) is 10.1. The summed E-state index contributed by atoms with van der Waals surface area (Å²) in [6.07, 6.45) is 0. The molecule has 0 aliphatic heterocycles. The summed E-state index contributed by atoms with van der Waals surface area (Å²) >= 11 is 0. The van der Waals surface area contributed by atoms with E-state index in [-0.39, 0.29) is 5.91 Å². The Labute approximate surface area is 120 Å². The molecule has 0 N–H and O–H groups in total. The molecule has 0 saturated carbocycles. The molecule has 5 nitrogen and oxygen atoms in total. The number of nitrogens with zero attached hydrogens (tertiary/aromatic N) is 1. The minimum Gasteiger partial charge on any atom is -0.493 e. The molecule has 0 heterocycles. The quantitative estimate of drug-likeness (QED) is 0.770. The van der Waals surface area contributed by atoms with Crippen molar-refractivity contribution in [2.24, 2.45) is 0 Å². The monoisotopic (exact) mass is 281 g/mol. The topological polar surface area (TPSA) is 48.0 Å². The van der Waals surface area contributed by atoms with Crippen molar-refractivity contribution in [3.05, 3.63) is 17.7 Å². The van der Waals surface area contributed by atoms with Crippen LogP contribution >= 0.6 is 0 Å². The molecule has 0 aromatic heterocycles. The fourth-order valence-corrected chi connectivity index (χ4v) is 1.98. The van der Waals surface area contributed by atoms with Gasteiger partial charge in [0, 0.05) is 18.7 Å². The van der Waals surface area contributed by atoms with Gasteiger partial charge in [0.05, 0.1) is 20.8 Å². The molecule has 0 unspecified atom stereocenters. The molecule has 0 bridgehead atoms. The Bertz CT molecular complexity index is 430. The number of rotatable bonds is 7. The van der Waals surface area contributed by atoms with E-state index in [9.17, 15) is 4.79 Å². The zero-order valence-corrected chi connectivity index (χ0v) is 12.9. The number of methoxy groups -OCH3 is 2. The molecule has 0 aliphatic carbocycles. The van der Waals surface area contributed by atoms with Gasteiger partial charge in [0.2, 0.25) is 5.75 Å². The lowest BCUT2D eigenvalue weighted by Crippen LogP contribution is -2.30. The summed E-state index contributed by atoms with van der Waals surface area (Å²) in [4.78, 5) is 14.1. The van der Waals surface area contributed by atoms with Crippen LogP contribution in [0, 0.1) is 0 Å². The lowest BCUT2D eigenvalue weighted by Gasteiger charge is -2.20. The number of ether oxygens (including phenoxy) is 3. The summed E-state index contributed by atoms with van der Waals surface area (Å²) in [6.45, 7) is 7.60. The van der Waals surface area contributed by atoms with Crippen molar-refractivity contribution in [2.45, 2.75) is 20.8 Å². The van der Waals surface area contributed by atoms with Gasteiger partial charge < -0.3 is 19.1 Å². The first-order chi connectivity index (χ1) is 9.62. The molecule has 0 fully saturated rings. The Kier molecular flexibility index (Phi) is 6.15. The average molecular weight is 281 g/mol. The number of carbonyl (C=O) groups excluding carboxylic acids is 1. The lowest BCUT2D eigenvalue weighted by molar-refractivity contribution is 0.0772. The Morgan fingerprint density at radius 2 is 1.55 bits per heavy atom. The largest absolute Gasteiger partial charge is 0.493 e. The van der Waals surface area contributed by atoms with Crippen LogP contribution in [0.5, 0.6) is 17.2 Å². The van der Waals surface area contributed by atoms with Crippen molar-refractivity contribution in [1.29, 1.82) is 0 Å². The molecule has 0 atom stereocenters. The molecular formula is C15H23NO4. The van der Waals surface area contributed by atoms with E-state index in [1.165, 1.54) is 0 Å². The van der Waals surface area contributed by atoms with Gasteiger partial charge in [-0.1, -0.05) is 0 Å². The minimum absolute atomic E-state index is 0.0466. The molecule has 0 saturated heterocycles. The summed E-state index contributed by atoms with van der Waals surface area (Å²) < 4.78 is 16.1. The summed E-state index contributed by atoms with van der Waals surface area (Å²) in [5.74, 6) is 1.48. The minimum atomic E-state index is -0.0466. The second-order valence-electron chi connectivity index (χ2n) is 4.12. The van der Waals surface area contributed by atoms with E-state index in [1.807, 2.05) is 20.8 Å². The zero-order valence-electron chi connectivity index (χ0n) is 12.9. The van der Waals surface area contributed by atoms with Crippen LogP contribution in [0.3, 0.4) is 0 Å². The van der Waals surface area contributed by atoms with Crippen LogP contribution in [0.1, 0.15) is 31.1 Å². The maximum absolute atomic E-state index is 12.4. The number of hydrogen-bond acceptors (Lipinski definition) is 4. The number of hydrogen-bond donors (Lipinski definition) is 0. The smallest absolute Gasteiger partial charge is 0.254 e. The highest BCUT2D eigenvalue weighted by Gasteiger charge is 2.19. The average Bonchev–Trinajstić information content (AvgIpc) is 2.48. The second-order valence-corrected chi connectivity index (χ2v) is 4.12. The standard InChI is InChI=1S/C15H23NO4/c1-6-16(7-2)15(17)11-9-12(18-4)14(20-8-3)13(10-11)19-5/h9-10H,6-8H2,1-5H3. The highest BCUT2D eigenvalue weighted by molar-refractivity contribution is 5.95. The van der Waals surface area contributed by atoms with Gasteiger partial charge in [-0.05, 0) is 32.9 Å². The van der Waals surface area contributed by atoms with E-state index in [2.05, 4.69) is 0 Å². The maximum atomic E-state index is 12.4. The molecule has 112 valence electrons. The molecule has 1 aromatic carbocycles. The number of amides is 1. The summed E-state index contributed by atoms with van der Waals surface area (Å²) in [6, 6.07) is 3.38. The van der Waals surface area contributed by atoms with Gasteiger partial charge in [0.25, 0.3) is 5.91 Å². The van der Waals surface area contributed by atoms with Crippen LogP contribution in [0.2, 0.25) is 0 Å². The summed E-state index contributed by atoms with van der Waals surface area (Å²) in [5, 5.41) is 0. The highest BCUT2D eigenvalue weighted by atomic mass is 16.5. The van der Waals surface area contributed by atoms with Crippen molar-refractivity contribution in [3.63, 3.8) is 0 Å². The fraction of sp³-hybridized carbons (Fsp3) is 0.533. The Hall–Kier alpha value is -1.91. The molecule has 1 amide bonds. The van der Waals surface area contributed by atoms with Crippen LogP contribution in [0.25, 0.3) is 0 Å². The number of benzene rings is 1. The van der Waals surface area contributed by atoms with Gasteiger partial charge in [-0.25, -0.2) is 0 Å². The van der Waals surface area contributed by atoms with E-state index < -0.39 is 0 Å². The molecular weight excluding hydrogens is 258 g/mol. The first-order valence-corrected chi connectivity index (χ1v) is 6.80. The predicted molar refractivity (Wildman–Crippen MR) is 78.0 cm³/mol. The van der Waals surface area contributed by atoms with Gasteiger partial charge in [0.1, 0.15) is 0 Å². The second kappa shape index (κ2) is 7.62. The van der Waals surface area contributed by atoms with Crippen LogP contribution in [0.4, 0.5) is 0 Å². The van der Waals surface area contributed by atoms with E-state index >= 15 is 0 Å². The van der Waals surface area contributed by atoms with Gasteiger partial charge in [-0.15, -0.1) is 0 Å². The fourth-order valence-electron chi connectivity index (χ4n) is 1.98. The van der Waals surface area contributed by atoms with Crippen LogP contribution in [-0.2, 0) is 0 Å². The summed E-state index contributed by atoms with van der Waals surface area (Å²) in [5.41, 5.74) is 0.533. The van der Waals surface area contributed by atoms with Crippen molar-refractivity contribution in [1.82, 2.24) is 4.90 Å². The SMILES string of the molecule is CCOc1c(OC)cc(C(=O)N(CC)CC)cc1OC. The van der Waals surface area contributed by atoms with Gasteiger partial charge in [-0.2, -0.15) is 0 Å². The van der Waals surface area contributed by atoms with Crippen LogP contribution in [0.15, 0.2) is 12.1 Å². The van der Waals surface area contributed by atoms with E-state index in [0.717, 1.165) is 0 Å². The zero-order chi connectivity index (χ0) is 15.1. The molecule has 0 radical (unpaired) electrons. The Morgan fingerprint density at radius 1 is 1.05 bits per heavy atom. The molecule has 0 aliphatic rings. The van der Waals surface area contributed by atoms with Gasteiger partial charge in [-0.3, -0.25) is 4.79 Å². The lowest BCUT2D eigenvalue weighted by atomic mass is 10.1. The van der Waals surface area contributed by atoms with Gasteiger partial charge >= 0.3 is 0 Å².